The molecule has 1 aliphatic rings. The van der Waals surface area contributed by atoms with Crippen molar-refractivity contribution >= 4 is 0 Å². The van der Waals surface area contributed by atoms with E-state index in [1.54, 1.807) is 0 Å². The van der Waals surface area contributed by atoms with Crippen LogP contribution < -0.4 is 5.32 Å². The lowest BCUT2D eigenvalue weighted by Crippen LogP contribution is -2.27. The Bertz CT molecular complexity index is 249. The van der Waals surface area contributed by atoms with E-state index in [2.05, 4.69) is 17.5 Å². The van der Waals surface area contributed by atoms with Crippen LogP contribution in [0.25, 0.3) is 0 Å². The molecule has 0 bridgehead atoms. The Hall–Kier alpha value is -0.830. The number of rotatable bonds is 5. The lowest BCUT2D eigenvalue weighted by atomic mass is 10.1. The molecule has 0 aliphatic heterocycles. The lowest BCUT2D eigenvalue weighted by molar-refractivity contribution is 0.453. The van der Waals surface area contributed by atoms with Gasteiger partial charge >= 0.3 is 0 Å². The fourth-order valence-corrected chi connectivity index (χ4v) is 1.79. The van der Waals surface area contributed by atoms with E-state index in [-0.39, 0.29) is 0 Å². The summed E-state index contributed by atoms with van der Waals surface area (Å²) >= 11 is 0. The van der Waals surface area contributed by atoms with Crippen LogP contribution in [-0.4, -0.2) is 22.4 Å². The summed E-state index contributed by atoms with van der Waals surface area (Å²) in [5, 5.41) is 7.58. The summed E-state index contributed by atoms with van der Waals surface area (Å²) in [6.07, 6.45) is 9.07. The molecule has 1 heterocycles. The second kappa shape index (κ2) is 3.50. The molecule has 0 unspecified atom stereocenters. The van der Waals surface area contributed by atoms with Gasteiger partial charge in [-0.15, -0.1) is 0 Å². The van der Waals surface area contributed by atoms with Gasteiger partial charge in [0.1, 0.15) is 0 Å². The second-order valence-electron chi connectivity index (χ2n) is 3.90. The molecule has 1 aromatic heterocycles. The van der Waals surface area contributed by atoms with Gasteiger partial charge in [0.05, 0.1) is 0 Å². The van der Waals surface area contributed by atoms with Crippen LogP contribution in [0.5, 0.6) is 0 Å². The average molecular weight is 179 g/mol. The van der Waals surface area contributed by atoms with E-state index >= 15 is 0 Å². The second-order valence-corrected chi connectivity index (χ2v) is 3.90. The van der Waals surface area contributed by atoms with Crippen LogP contribution in [0.1, 0.15) is 25.7 Å². The van der Waals surface area contributed by atoms with Gasteiger partial charge in [-0.05, 0) is 38.8 Å². The molecule has 13 heavy (non-hydrogen) atoms. The molecule has 3 nitrogen and oxygen atoms in total. The van der Waals surface area contributed by atoms with E-state index in [9.17, 15) is 0 Å². The minimum atomic E-state index is 0.493. The quantitative estimate of drug-likeness (QED) is 0.740. The summed E-state index contributed by atoms with van der Waals surface area (Å²) in [5.74, 6) is 0. The molecule has 0 atom stereocenters. The molecular weight excluding hydrogens is 162 g/mol. The van der Waals surface area contributed by atoms with Gasteiger partial charge in [0.25, 0.3) is 0 Å². The molecule has 1 aromatic rings. The first-order valence-electron chi connectivity index (χ1n) is 5.01. The Labute approximate surface area is 79.1 Å². The zero-order valence-corrected chi connectivity index (χ0v) is 8.16. The average Bonchev–Trinajstić information content (AvgIpc) is 2.74. The Balaban J connectivity index is 1.70. The maximum atomic E-state index is 4.18. The Morgan fingerprint density at radius 2 is 2.38 bits per heavy atom. The molecule has 72 valence electrons. The summed E-state index contributed by atoms with van der Waals surface area (Å²) < 4.78 is 2.01. The van der Waals surface area contributed by atoms with Crippen molar-refractivity contribution in [3.63, 3.8) is 0 Å². The summed E-state index contributed by atoms with van der Waals surface area (Å²) in [7, 11) is 2.07. The number of aryl methyl sites for hydroxylation is 1. The zero-order chi connectivity index (χ0) is 9.15. The molecule has 0 saturated heterocycles. The Morgan fingerprint density at radius 1 is 1.54 bits per heavy atom. The monoisotopic (exact) mass is 179 g/mol. The van der Waals surface area contributed by atoms with Gasteiger partial charge in [0.2, 0.25) is 0 Å². The van der Waals surface area contributed by atoms with Crippen molar-refractivity contribution in [3.8, 4) is 0 Å². The van der Waals surface area contributed by atoms with Crippen molar-refractivity contribution < 1.29 is 0 Å². The van der Waals surface area contributed by atoms with Gasteiger partial charge < -0.3 is 5.32 Å². The normalized spacial score (nSPS) is 18.8. The summed E-state index contributed by atoms with van der Waals surface area (Å²) in [5.41, 5.74) is 0.493. The Morgan fingerprint density at radius 3 is 2.92 bits per heavy atom. The topological polar surface area (TPSA) is 29.9 Å². The Kier molecular flexibility index (Phi) is 2.36. The lowest BCUT2D eigenvalue weighted by Gasteiger charge is -2.13. The highest BCUT2D eigenvalue weighted by atomic mass is 15.3. The molecule has 0 radical (unpaired) electrons. The van der Waals surface area contributed by atoms with Gasteiger partial charge in [-0.3, -0.25) is 4.68 Å². The molecule has 0 spiro atoms. The minimum Gasteiger partial charge on any atom is -0.314 e. The SMILES string of the molecule is CNC1(CCCn2cccn2)CC1. The molecule has 1 aliphatic carbocycles. The molecule has 0 amide bonds. The van der Waals surface area contributed by atoms with E-state index in [4.69, 9.17) is 0 Å². The van der Waals surface area contributed by atoms with E-state index in [0.717, 1.165) is 6.54 Å². The van der Waals surface area contributed by atoms with Crippen LogP contribution >= 0.6 is 0 Å². The van der Waals surface area contributed by atoms with Crippen LogP contribution in [0.4, 0.5) is 0 Å². The number of nitrogens with one attached hydrogen (secondary N) is 1. The van der Waals surface area contributed by atoms with Crippen LogP contribution in [0.3, 0.4) is 0 Å². The van der Waals surface area contributed by atoms with Gasteiger partial charge in [-0.1, -0.05) is 0 Å². The molecule has 1 fully saturated rings. The van der Waals surface area contributed by atoms with Crippen molar-refractivity contribution in [1.29, 1.82) is 0 Å². The molecule has 1 saturated carbocycles. The van der Waals surface area contributed by atoms with Gasteiger partial charge in [0.15, 0.2) is 0 Å². The van der Waals surface area contributed by atoms with Crippen molar-refractivity contribution in [3.05, 3.63) is 18.5 Å². The van der Waals surface area contributed by atoms with E-state index in [0.29, 0.717) is 5.54 Å². The third kappa shape index (κ3) is 2.10. The number of hydrogen-bond acceptors (Lipinski definition) is 2. The zero-order valence-electron chi connectivity index (χ0n) is 8.16. The molecular formula is C10H17N3. The maximum absolute atomic E-state index is 4.18. The fourth-order valence-electron chi connectivity index (χ4n) is 1.79. The smallest absolute Gasteiger partial charge is 0.0489 e. The van der Waals surface area contributed by atoms with Crippen molar-refractivity contribution in [2.24, 2.45) is 0 Å². The highest BCUT2D eigenvalue weighted by Crippen LogP contribution is 2.39. The standard InChI is InChI=1S/C10H17N3/c1-11-10(5-6-10)4-2-8-13-9-3-7-12-13/h3,7,9,11H,2,4-6,8H2,1H3. The number of aromatic nitrogens is 2. The van der Waals surface area contributed by atoms with E-state index in [1.165, 1.54) is 25.7 Å². The van der Waals surface area contributed by atoms with Crippen molar-refractivity contribution in [2.75, 3.05) is 7.05 Å². The predicted molar refractivity (Wildman–Crippen MR) is 52.5 cm³/mol. The molecule has 1 N–H and O–H groups in total. The van der Waals surface area contributed by atoms with E-state index < -0.39 is 0 Å². The van der Waals surface area contributed by atoms with E-state index in [1.807, 2.05) is 23.1 Å². The molecule has 3 heteroatoms. The largest absolute Gasteiger partial charge is 0.314 e. The van der Waals surface area contributed by atoms with Crippen molar-refractivity contribution in [1.82, 2.24) is 15.1 Å². The van der Waals surface area contributed by atoms with Crippen LogP contribution in [0.15, 0.2) is 18.5 Å². The van der Waals surface area contributed by atoms with Gasteiger partial charge in [-0.25, -0.2) is 0 Å². The van der Waals surface area contributed by atoms with Crippen molar-refractivity contribution in [2.45, 2.75) is 37.8 Å². The number of hydrogen-bond donors (Lipinski definition) is 1. The fraction of sp³-hybridized carbons (Fsp3) is 0.700. The van der Waals surface area contributed by atoms with Gasteiger partial charge in [0, 0.05) is 24.5 Å². The highest BCUT2D eigenvalue weighted by Gasteiger charge is 2.39. The molecule has 0 aromatic carbocycles. The first-order valence-corrected chi connectivity index (χ1v) is 5.01. The summed E-state index contributed by atoms with van der Waals surface area (Å²) in [4.78, 5) is 0. The number of nitrogens with zero attached hydrogens (tertiary/aromatic N) is 2. The third-order valence-electron chi connectivity index (χ3n) is 2.99. The third-order valence-corrected chi connectivity index (χ3v) is 2.99. The summed E-state index contributed by atoms with van der Waals surface area (Å²) in [6, 6.07) is 1.98. The molecule has 2 rings (SSSR count). The van der Waals surface area contributed by atoms with Crippen LogP contribution in [-0.2, 0) is 6.54 Å². The highest BCUT2D eigenvalue weighted by molar-refractivity contribution is 5.00. The summed E-state index contributed by atoms with van der Waals surface area (Å²) in [6.45, 7) is 1.05. The first-order chi connectivity index (χ1) is 6.35. The first kappa shape index (κ1) is 8.75. The van der Waals surface area contributed by atoms with Crippen LogP contribution in [0.2, 0.25) is 0 Å². The van der Waals surface area contributed by atoms with Crippen LogP contribution in [0, 0.1) is 0 Å². The van der Waals surface area contributed by atoms with Gasteiger partial charge in [-0.2, -0.15) is 5.10 Å². The maximum Gasteiger partial charge on any atom is 0.0489 e. The minimum absolute atomic E-state index is 0.493. The predicted octanol–water partition coefficient (Wildman–Crippen LogP) is 1.42.